The fraction of sp³-hybridized carbons (Fsp3) is 0.348. The number of carbonyl (C=O) groups is 1. The quantitative estimate of drug-likeness (QED) is 0.325. The Bertz CT molecular complexity index is 1380. The molecular weight excluding hydrogens is 549 g/mol. The van der Waals surface area contributed by atoms with Gasteiger partial charge in [0.05, 0.1) is 17.0 Å². The highest BCUT2D eigenvalue weighted by atomic mass is 32.2. The number of nitrogens with one attached hydrogen (secondary N) is 1. The van der Waals surface area contributed by atoms with Gasteiger partial charge in [-0.05, 0) is 48.8 Å². The van der Waals surface area contributed by atoms with E-state index in [4.69, 9.17) is 9.88 Å². The van der Waals surface area contributed by atoms with Crippen LogP contribution in [0.4, 0.5) is 19.0 Å². The van der Waals surface area contributed by atoms with Gasteiger partial charge < -0.3 is 14.8 Å². The molecule has 0 unspecified atom stereocenters. The number of rotatable bonds is 11. The number of alkyl halides is 3. The van der Waals surface area contributed by atoms with Crippen LogP contribution in [0, 0.1) is 5.92 Å². The van der Waals surface area contributed by atoms with Crippen molar-refractivity contribution in [1.82, 2.24) is 9.97 Å². The van der Waals surface area contributed by atoms with Gasteiger partial charge in [-0.25, -0.2) is 15.1 Å². The summed E-state index contributed by atoms with van der Waals surface area (Å²) in [7, 11) is -4.01. The monoisotopic (exact) mass is 572 g/mol. The molecule has 4 rings (SSSR count). The molecule has 0 bridgehead atoms. The molecule has 1 aliphatic carbocycles. The molecule has 1 aromatic carbocycles. The van der Waals surface area contributed by atoms with E-state index < -0.39 is 22.4 Å². The van der Waals surface area contributed by atoms with Crippen molar-refractivity contribution in [2.75, 3.05) is 11.9 Å². The summed E-state index contributed by atoms with van der Waals surface area (Å²) in [4.78, 5) is 21.8. The van der Waals surface area contributed by atoms with E-state index in [0.29, 0.717) is 29.1 Å². The molecule has 3 N–H and O–H groups in total. The van der Waals surface area contributed by atoms with E-state index >= 15 is 0 Å². The first kappa shape index (κ1) is 27.8. The van der Waals surface area contributed by atoms with Crippen LogP contribution < -0.4 is 19.9 Å². The predicted octanol–water partition coefficient (Wildman–Crippen LogP) is 4.05. The molecule has 2 atom stereocenters. The average Bonchev–Trinajstić information content (AvgIpc) is 3.50. The lowest BCUT2D eigenvalue weighted by Gasteiger charge is -2.15. The van der Waals surface area contributed by atoms with Gasteiger partial charge in [-0.3, -0.25) is 8.98 Å². The number of hydrogen-bond acceptors (Lipinski definition) is 10. The lowest BCUT2D eigenvalue weighted by atomic mass is 10.1. The van der Waals surface area contributed by atoms with Crippen molar-refractivity contribution in [2.24, 2.45) is 11.1 Å². The van der Waals surface area contributed by atoms with E-state index in [-0.39, 0.29) is 42.3 Å². The van der Waals surface area contributed by atoms with E-state index in [0.717, 1.165) is 23.8 Å². The second kappa shape index (κ2) is 11.6. The Kier molecular flexibility index (Phi) is 8.50. The SMILES string of the molecule is NS(=O)(=O)OC[C@@H]1CC[C@H](Nc2ncncc2C(=O)c2cc(COc3ccccc3OC(F)(F)F)cs2)C1. The zero-order valence-electron chi connectivity index (χ0n) is 19.7. The van der Waals surface area contributed by atoms with Gasteiger partial charge in [-0.15, -0.1) is 24.5 Å². The maximum Gasteiger partial charge on any atom is 0.573 e. The number of ketones is 1. The van der Waals surface area contributed by atoms with Gasteiger partial charge in [0.1, 0.15) is 18.8 Å². The van der Waals surface area contributed by atoms with Crippen LogP contribution in [0.15, 0.2) is 48.2 Å². The van der Waals surface area contributed by atoms with Gasteiger partial charge >= 0.3 is 16.7 Å². The van der Waals surface area contributed by atoms with Crippen LogP contribution in [0.1, 0.15) is 40.1 Å². The number of nitrogens with two attached hydrogens (primary N) is 1. The summed E-state index contributed by atoms with van der Waals surface area (Å²) >= 11 is 1.15. The highest BCUT2D eigenvalue weighted by Crippen LogP contribution is 2.33. The number of anilines is 1. The Hall–Kier alpha value is -3.27. The smallest absolute Gasteiger partial charge is 0.485 e. The molecule has 0 amide bonds. The molecule has 2 aromatic heterocycles. The molecule has 0 aliphatic heterocycles. The van der Waals surface area contributed by atoms with E-state index in [1.807, 2.05) is 0 Å². The maximum absolute atomic E-state index is 13.2. The Morgan fingerprint density at radius 1 is 1.21 bits per heavy atom. The molecule has 10 nitrogen and oxygen atoms in total. The van der Waals surface area contributed by atoms with E-state index in [1.165, 1.54) is 30.7 Å². The van der Waals surface area contributed by atoms with Gasteiger partial charge in [-0.1, -0.05) is 12.1 Å². The number of para-hydroxylation sites is 2. The third-order valence-corrected chi connectivity index (χ3v) is 7.10. The third kappa shape index (κ3) is 7.86. The second-order valence-corrected chi connectivity index (χ2v) is 10.6. The number of aromatic nitrogens is 2. The molecule has 3 aromatic rings. The zero-order valence-corrected chi connectivity index (χ0v) is 21.3. The van der Waals surface area contributed by atoms with Crippen molar-refractivity contribution in [3.05, 3.63) is 64.2 Å². The first-order valence-corrected chi connectivity index (χ1v) is 13.7. The summed E-state index contributed by atoms with van der Waals surface area (Å²) in [6.45, 7) is -0.0954. The Balaban J connectivity index is 1.39. The van der Waals surface area contributed by atoms with Crippen LogP contribution >= 0.6 is 11.3 Å². The normalized spacial score (nSPS) is 17.8. The van der Waals surface area contributed by atoms with Crippen molar-refractivity contribution >= 4 is 33.2 Å². The minimum Gasteiger partial charge on any atom is -0.485 e. The van der Waals surface area contributed by atoms with Crippen molar-refractivity contribution in [1.29, 1.82) is 0 Å². The standard InChI is InChI=1S/C23H23F3N4O6S2/c24-23(25,26)36-19-4-2-1-3-18(19)34-10-15-8-20(37-12-15)21(31)17-9-28-13-29-22(17)30-16-6-5-14(7-16)11-35-38(27,32)33/h1-4,8-9,12-14,16H,5-7,10-11H2,(H2,27,32,33)(H,28,29,30)/t14-,16+/m1/s1. The highest BCUT2D eigenvalue weighted by Gasteiger charge is 2.32. The first-order valence-electron chi connectivity index (χ1n) is 11.3. The fourth-order valence-electron chi connectivity index (χ4n) is 4.00. The number of thiophene rings is 1. The van der Waals surface area contributed by atoms with Gasteiger partial charge in [-0.2, -0.15) is 8.42 Å². The molecule has 1 saturated carbocycles. The number of benzene rings is 1. The molecular formula is C23H23F3N4O6S2. The van der Waals surface area contributed by atoms with Crippen molar-refractivity contribution in [3.63, 3.8) is 0 Å². The summed E-state index contributed by atoms with van der Waals surface area (Å²) in [5.41, 5.74) is 0.829. The lowest BCUT2D eigenvalue weighted by molar-refractivity contribution is -0.275. The molecule has 0 radical (unpaired) electrons. The summed E-state index contributed by atoms with van der Waals surface area (Å²) in [6, 6.07) is 6.95. The molecule has 15 heteroatoms. The molecule has 0 spiro atoms. The molecule has 0 saturated heterocycles. The van der Waals surface area contributed by atoms with Crippen LogP contribution in [-0.2, 0) is 21.1 Å². The van der Waals surface area contributed by atoms with E-state index in [9.17, 15) is 26.4 Å². The van der Waals surface area contributed by atoms with Crippen LogP contribution in [-0.4, -0.2) is 43.2 Å². The minimum absolute atomic E-state index is 0.0145. The van der Waals surface area contributed by atoms with E-state index in [2.05, 4.69) is 24.2 Å². The molecule has 38 heavy (non-hydrogen) atoms. The predicted molar refractivity (Wildman–Crippen MR) is 131 cm³/mol. The first-order chi connectivity index (χ1) is 18.0. The minimum atomic E-state index is -4.86. The number of ether oxygens (including phenoxy) is 2. The van der Waals surface area contributed by atoms with E-state index in [1.54, 1.807) is 11.4 Å². The summed E-state index contributed by atoms with van der Waals surface area (Å²) < 4.78 is 74.1. The number of carbonyl (C=O) groups excluding carboxylic acids is 1. The Morgan fingerprint density at radius 3 is 2.71 bits per heavy atom. The number of hydrogen-bond donors (Lipinski definition) is 2. The van der Waals surface area contributed by atoms with Gasteiger partial charge in [0, 0.05) is 17.8 Å². The maximum atomic E-state index is 13.2. The van der Waals surface area contributed by atoms with Gasteiger partial charge in [0.2, 0.25) is 5.78 Å². The zero-order chi connectivity index (χ0) is 27.3. The van der Waals surface area contributed by atoms with Crippen molar-refractivity contribution in [3.8, 4) is 11.5 Å². The molecule has 2 heterocycles. The van der Waals surface area contributed by atoms with Crippen LogP contribution in [0.25, 0.3) is 0 Å². The van der Waals surface area contributed by atoms with Crippen molar-refractivity contribution < 1.29 is 40.0 Å². The van der Waals surface area contributed by atoms with Crippen molar-refractivity contribution in [2.45, 2.75) is 38.3 Å². The summed E-state index contributed by atoms with van der Waals surface area (Å²) in [5.74, 6) is -0.562. The lowest BCUT2D eigenvalue weighted by Crippen LogP contribution is -2.22. The topological polar surface area (TPSA) is 143 Å². The fourth-order valence-corrected chi connectivity index (χ4v) is 5.23. The number of halogens is 3. The Morgan fingerprint density at radius 2 is 1.97 bits per heavy atom. The largest absolute Gasteiger partial charge is 0.573 e. The van der Waals surface area contributed by atoms with Gasteiger partial charge in [0.25, 0.3) is 0 Å². The van der Waals surface area contributed by atoms with Crippen LogP contribution in [0.3, 0.4) is 0 Å². The highest BCUT2D eigenvalue weighted by molar-refractivity contribution is 7.84. The summed E-state index contributed by atoms with van der Waals surface area (Å²) in [6.07, 6.45) is -0.113. The molecule has 1 fully saturated rings. The third-order valence-electron chi connectivity index (χ3n) is 5.65. The number of nitrogens with zero attached hydrogens (tertiary/aromatic N) is 2. The Labute approximate surface area is 220 Å². The average molecular weight is 573 g/mol. The van der Waals surface area contributed by atoms with Crippen LogP contribution in [0.5, 0.6) is 11.5 Å². The molecule has 1 aliphatic rings. The van der Waals surface area contributed by atoms with Gasteiger partial charge in [0.15, 0.2) is 11.5 Å². The van der Waals surface area contributed by atoms with Crippen LogP contribution in [0.2, 0.25) is 0 Å². The second-order valence-electron chi connectivity index (χ2n) is 8.51. The summed E-state index contributed by atoms with van der Waals surface area (Å²) in [5, 5.41) is 9.79. The molecule has 204 valence electrons.